The van der Waals surface area contributed by atoms with Crippen LogP contribution in [0.3, 0.4) is 0 Å². The van der Waals surface area contributed by atoms with Crippen LogP contribution in [0.25, 0.3) is 21.8 Å². The Kier molecular flexibility index (Phi) is 3.67. The third-order valence-corrected chi connectivity index (χ3v) is 5.28. The number of piperidine rings is 1. The Morgan fingerprint density at radius 1 is 1.12 bits per heavy atom. The van der Waals surface area contributed by atoms with E-state index in [9.17, 15) is 9.59 Å². The van der Waals surface area contributed by atoms with E-state index in [-0.39, 0.29) is 11.5 Å². The van der Waals surface area contributed by atoms with E-state index < -0.39 is 0 Å². The highest BCUT2D eigenvalue weighted by Crippen LogP contribution is 2.27. The number of carbonyl (C=O) groups is 1. The molecule has 1 aromatic carbocycles. The number of likely N-dealkylation sites (tertiary alicyclic amines) is 1. The summed E-state index contributed by atoms with van der Waals surface area (Å²) < 4.78 is 1.87. The number of hydrogen-bond donors (Lipinski definition) is 1. The number of nitrogens with one attached hydrogen (secondary N) is 1. The molecule has 1 aliphatic rings. The molecule has 0 radical (unpaired) electrons. The van der Waals surface area contributed by atoms with E-state index in [0.717, 1.165) is 35.9 Å². The number of nitrogens with zero attached hydrogens (tertiary/aromatic N) is 2. The van der Waals surface area contributed by atoms with Gasteiger partial charge in [0.05, 0.1) is 16.4 Å². The first-order valence-electron chi connectivity index (χ1n) is 8.85. The zero-order chi connectivity index (χ0) is 17.7. The quantitative estimate of drug-likeness (QED) is 0.742. The average Bonchev–Trinajstić information content (AvgIpc) is 2.92. The minimum absolute atomic E-state index is 0.0144. The molecule has 1 aliphatic heterocycles. The van der Waals surface area contributed by atoms with Gasteiger partial charge in [-0.25, -0.2) is 0 Å². The van der Waals surface area contributed by atoms with E-state index in [0.29, 0.717) is 22.9 Å². The lowest BCUT2D eigenvalue weighted by atomic mass is 9.92. The predicted octanol–water partition coefficient (Wildman–Crippen LogP) is 3.14. The van der Waals surface area contributed by atoms with Gasteiger partial charge in [0, 0.05) is 25.5 Å². The minimum Gasteiger partial charge on any atom is -0.339 e. The molecule has 1 N–H and O–H groups in total. The first-order valence-corrected chi connectivity index (χ1v) is 8.85. The molecule has 0 spiro atoms. The molecule has 2 aromatic heterocycles. The van der Waals surface area contributed by atoms with Crippen LogP contribution in [0.4, 0.5) is 0 Å². The Labute approximate surface area is 146 Å². The molecule has 0 bridgehead atoms. The predicted molar refractivity (Wildman–Crippen MR) is 99.9 cm³/mol. The van der Waals surface area contributed by atoms with Crippen molar-refractivity contribution in [3.63, 3.8) is 0 Å². The normalized spacial score (nSPS) is 21.2. The number of benzene rings is 1. The smallest absolute Gasteiger partial charge is 0.270 e. The lowest BCUT2D eigenvalue weighted by Crippen LogP contribution is -2.43. The summed E-state index contributed by atoms with van der Waals surface area (Å²) >= 11 is 0. The van der Waals surface area contributed by atoms with E-state index in [1.54, 1.807) is 6.07 Å². The van der Waals surface area contributed by atoms with E-state index in [1.165, 1.54) is 0 Å². The summed E-state index contributed by atoms with van der Waals surface area (Å²) in [7, 11) is 1.87. The number of para-hydroxylation sites is 1. The molecule has 25 heavy (non-hydrogen) atoms. The highest BCUT2D eigenvalue weighted by atomic mass is 16.2. The lowest BCUT2D eigenvalue weighted by molar-refractivity contribution is 0.0614. The average molecular weight is 337 g/mol. The van der Waals surface area contributed by atoms with Gasteiger partial charge in [-0.2, -0.15) is 0 Å². The molecule has 5 heteroatoms. The summed E-state index contributed by atoms with van der Waals surface area (Å²) in [6.07, 6.45) is 1.16. The van der Waals surface area contributed by atoms with Gasteiger partial charge in [0.1, 0.15) is 5.69 Å². The van der Waals surface area contributed by atoms with Crippen molar-refractivity contribution >= 4 is 27.7 Å². The topological polar surface area (TPSA) is 58.1 Å². The molecule has 4 rings (SSSR count). The van der Waals surface area contributed by atoms with E-state index >= 15 is 0 Å². The maximum absolute atomic E-state index is 13.1. The highest BCUT2D eigenvalue weighted by molar-refractivity contribution is 6.07. The van der Waals surface area contributed by atoms with Crippen molar-refractivity contribution in [2.24, 2.45) is 18.9 Å². The molecule has 5 nitrogen and oxygen atoms in total. The molecule has 0 aliphatic carbocycles. The number of aromatic nitrogens is 2. The van der Waals surface area contributed by atoms with Crippen LogP contribution in [0.2, 0.25) is 0 Å². The second-order valence-electron chi connectivity index (χ2n) is 7.51. The van der Waals surface area contributed by atoms with Crippen LogP contribution in [-0.4, -0.2) is 33.4 Å². The largest absolute Gasteiger partial charge is 0.339 e. The van der Waals surface area contributed by atoms with Crippen molar-refractivity contribution in [2.45, 2.75) is 20.3 Å². The Hall–Kier alpha value is -2.56. The van der Waals surface area contributed by atoms with Crippen molar-refractivity contribution in [1.29, 1.82) is 0 Å². The second-order valence-corrected chi connectivity index (χ2v) is 7.51. The summed E-state index contributed by atoms with van der Waals surface area (Å²) in [4.78, 5) is 30.4. The summed E-state index contributed by atoms with van der Waals surface area (Å²) in [5.74, 6) is 1.03. The van der Waals surface area contributed by atoms with Gasteiger partial charge in [0.2, 0.25) is 0 Å². The maximum atomic E-state index is 13.1. The molecular formula is C20H23N3O2. The summed E-state index contributed by atoms with van der Waals surface area (Å²) in [6, 6.07) is 9.46. The van der Waals surface area contributed by atoms with E-state index in [1.807, 2.05) is 40.8 Å². The van der Waals surface area contributed by atoms with Gasteiger partial charge in [0.15, 0.2) is 0 Å². The standard InChI is InChI=1S/C20H23N3O2/c1-12-8-13(2)11-23(10-12)20(25)17-9-15-18(22(17)3)14-6-4-5-7-16(14)21-19(15)24/h4-7,9,12-13H,8,10-11H2,1-3H3,(H,21,24). The van der Waals surface area contributed by atoms with E-state index in [2.05, 4.69) is 18.8 Å². The van der Waals surface area contributed by atoms with Crippen LogP contribution in [0.15, 0.2) is 35.1 Å². The summed E-state index contributed by atoms with van der Waals surface area (Å²) in [5, 5.41) is 1.53. The van der Waals surface area contributed by atoms with Crippen molar-refractivity contribution in [3.8, 4) is 0 Å². The number of hydrogen-bond acceptors (Lipinski definition) is 2. The van der Waals surface area contributed by atoms with Crippen molar-refractivity contribution in [3.05, 3.63) is 46.4 Å². The monoisotopic (exact) mass is 337 g/mol. The van der Waals surface area contributed by atoms with Gasteiger partial charge in [-0.15, -0.1) is 0 Å². The number of aryl methyl sites for hydroxylation is 1. The van der Waals surface area contributed by atoms with Gasteiger partial charge >= 0.3 is 0 Å². The van der Waals surface area contributed by atoms with Gasteiger partial charge in [0.25, 0.3) is 11.5 Å². The Morgan fingerprint density at radius 2 is 1.80 bits per heavy atom. The number of H-pyrrole nitrogens is 1. The van der Waals surface area contributed by atoms with Gasteiger partial charge in [-0.05, 0) is 30.4 Å². The highest BCUT2D eigenvalue weighted by Gasteiger charge is 2.28. The molecule has 2 unspecified atom stereocenters. The minimum atomic E-state index is -0.149. The van der Waals surface area contributed by atoms with Gasteiger partial charge in [-0.1, -0.05) is 32.0 Å². The van der Waals surface area contributed by atoms with Gasteiger partial charge in [-0.3, -0.25) is 9.59 Å². The van der Waals surface area contributed by atoms with Crippen LogP contribution >= 0.6 is 0 Å². The number of rotatable bonds is 1. The van der Waals surface area contributed by atoms with Crippen LogP contribution in [0.5, 0.6) is 0 Å². The van der Waals surface area contributed by atoms with Crippen LogP contribution in [-0.2, 0) is 7.05 Å². The Balaban J connectivity index is 1.87. The molecule has 130 valence electrons. The molecule has 3 heterocycles. The molecule has 1 amide bonds. The Bertz CT molecular complexity index is 1020. The molecule has 1 fully saturated rings. The molecule has 0 saturated carbocycles. The maximum Gasteiger partial charge on any atom is 0.270 e. The zero-order valence-electron chi connectivity index (χ0n) is 14.9. The summed E-state index contributed by atoms with van der Waals surface area (Å²) in [6.45, 7) is 5.94. The Morgan fingerprint density at radius 3 is 2.52 bits per heavy atom. The fourth-order valence-corrected chi connectivity index (χ4v) is 4.29. The number of fused-ring (bicyclic) bond motifs is 3. The fourth-order valence-electron chi connectivity index (χ4n) is 4.29. The number of pyridine rings is 1. The first kappa shape index (κ1) is 15.9. The van der Waals surface area contributed by atoms with Crippen molar-refractivity contribution in [2.75, 3.05) is 13.1 Å². The van der Waals surface area contributed by atoms with Gasteiger partial charge < -0.3 is 14.5 Å². The van der Waals surface area contributed by atoms with Crippen molar-refractivity contribution in [1.82, 2.24) is 14.5 Å². The van der Waals surface area contributed by atoms with Crippen molar-refractivity contribution < 1.29 is 4.79 Å². The number of carbonyl (C=O) groups excluding carboxylic acids is 1. The molecule has 1 saturated heterocycles. The molecular weight excluding hydrogens is 314 g/mol. The SMILES string of the molecule is CC1CC(C)CN(C(=O)c2cc3c(=O)[nH]c4ccccc4c3n2C)C1. The van der Waals surface area contributed by atoms with E-state index in [4.69, 9.17) is 0 Å². The number of amides is 1. The first-order chi connectivity index (χ1) is 12.0. The summed E-state index contributed by atoms with van der Waals surface area (Å²) in [5.41, 5.74) is 2.04. The molecule has 3 aromatic rings. The third kappa shape index (κ3) is 2.54. The lowest BCUT2D eigenvalue weighted by Gasteiger charge is -2.35. The van der Waals surface area contributed by atoms with Crippen LogP contribution < -0.4 is 5.56 Å². The second kappa shape index (κ2) is 5.76. The molecule has 2 atom stereocenters. The van der Waals surface area contributed by atoms with Crippen LogP contribution in [0.1, 0.15) is 30.8 Å². The number of aromatic amines is 1. The van der Waals surface area contributed by atoms with Crippen LogP contribution in [0, 0.1) is 11.8 Å². The third-order valence-electron chi connectivity index (χ3n) is 5.28. The fraction of sp³-hybridized carbons (Fsp3) is 0.400. The zero-order valence-corrected chi connectivity index (χ0v) is 14.9.